The van der Waals surface area contributed by atoms with Crippen molar-refractivity contribution in [1.82, 2.24) is 9.80 Å². The molecule has 4 nitrogen and oxygen atoms in total. The Morgan fingerprint density at radius 3 is 1.89 bits per heavy atom. The van der Waals surface area contributed by atoms with Crippen molar-refractivity contribution < 1.29 is 9.53 Å². The Morgan fingerprint density at radius 1 is 0.771 bits per heavy atom. The van der Waals surface area contributed by atoms with Crippen LogP contribution in [0.3, 0.4) is 0 Å². The van der Waals surface area contributed by atoms with E-state index in [1.807, 2.05) is 0 Å². The standard InChI is InChI=1S/C31H40N2O2/c34-29(15-20-32-16-7-8-17-32)35-28-23-31(33-18-9-10-19-33)21-26(24-11-3-1-4-12-24)30(28)27(22-31)25-13-5-2-6-14-25/h1-6,11-14,26-28,30H,7-10,15-23H2. The molecule has 3 saturated carbocycles. The van der Waals surface area contributed by atoms with Crippen LogP contribution in [0.15, 0.2) is 60.7 Å². The molecule has 5 aliphatic rings. The molecule has 3 aliphatic carbocycles. The number of nitrogens with zero attached hydrogens (tertiary/aromatic N) is 2. The lowest BCUT2D eigenvalue weighted by Gasteiger charge is -2.61. The highest BCUT2D eigenvalue weighted by atomic mass is 16.5. The van der Waals surface area contributed by atoms with Crippen molar-refractivity contribution >= 4 is 5.97 Å². The maximum Gasteiger partial charge on any atom is 0.307 e. The first kappa shape index (κ1) is 23.2. The Bertz CT molecular complexity index is 932. The lowest BCUT2D eigenvalue weighted by molar-refractivity contribution is -0.168. The Hall–Kier alpha value is -2.17. The maximum absolute atomic E-state index is 13.2. The highest BCUT2D eigenvalue weighted by Gasteiger charge is 2.59. The Kier molecular flexibility index (Phi) is 6.68. The van der Waals surface area contributed by atoms with Gasteiger partial charge in [0.1, 0.15) is 6.10 Å². The van der Waals surface area contributed by atoms with E-state index < -0.39 is 0 Å². The van der Waals surface area contributed by atoms with Gasteiger partial charge in [-0.1, -0.05) is 60.7 Å². The average molecular weight is 473 g/mol. The highest BCUT2D eigenvalue weighted by molar-refractivity contribution is 5.70. The lowest BCUT2D eigenvalue weighted by Crippen LogP contribution is -2.62. The molecular formula is C31H40N2O2. The second-order valence-corrected chi connectivity index (χ2v) is 11.5. The molecule has 2 aromatic rings. The van der Waals surface area contributed by atoms with Gasteiger partial charge in [-0.3, -0.25) is 9.69 Å². The first-order chi connectivity index (χ1) is 17.2. The second-order valence-electron chi connectivity index (χ2n) is 11.5. The lowest BCUT2D eigenvalue weighted by atomic mass is 9.51. The van der Waals surface area contributed by atoms with Gasteiger partial charge in [0.05, 0.1) is 6.42 Å². The van der Waals surface area contributed by atoms with E-state index in [1.54, 1.807) is 0 Å². The number of hydrogen-bond donors (Lipinski definition) is 0. The van der Waals surface area contributed by atoms with E-state index in [4.69, 9.17) is 4.74 Å². The topological polar surface area (TPSA) is 32.8 Å². The quantitative estimate of drug-likeness (QED) is 0.491. The number of benzene rings is 2. The number of esters is 1. The predicted molar refractivity (Wildman–Crippen MR) is 139 cm³/mol. The fourth-order valence-corrected chi connectivity index (χ4v) is 7.91. The van der Waals surface area contributed by atoms with Crippen molar-refractivity contribution in [2.75, 3.05) is 32.7 Å². The Balaban J connectivity index is 1.33. The monoisotopic (exact) mass is 472 g/mol. The van der Waals surface area contributed by atoms with Crippen LogP contribution in [0.25, 0.3) is 0 Å². The van der Waals surface area contributed by atoms with Crippen LogP contribution in [-0.2, 0) is 9.53 Å². The molecule has 0 amide bonds. The van der Waals surface area contributed by atoms with Crippen LogP contribution in [0.5, 0.6) is 0 Å². The SMILES string of the molecule is O=C(CCN1CCCC1)OC1CC2(N3CCCC3)CC(c3ccccc3)C1C(c1ccccc1)C2. The highest BCUT2D eigenvalue weighted by Crippen LogP contribution is 2.61. The van der Waals surface area contributed by atoms with Gasteiger partial charge in [0.15, 0.2) is 0 Å². The van der Waals surface area contributed by atoms with E-state index in [0.717, 1.165) is 26.1 Å². The van der Waals surface area contributed by atoms with Gasteiger partial charge >= 0.3 is 5.97 Å². The minimum atomic E-state index is -0.0143. The number of fused-ring (bicyclic) bond motifs is 3. The van der Waals surface area contributed by atoms with Crippen molar-refractivity contribution in [3.8, 4) is 0 Å². The van der Waals surface area contributed by atoms with Crippen molar-refractivity contribution in [2.45, 2.75) is 74.8 Å². The summed E-state index contributed by atoms with van der Waals surface area (Å²) in [6.07, 6.45) is 8.98. The molecule has 2 aliphatic heterocycles. The molecule has 3 unspecified atom stereocenters. The second kappa shape index (κ2) is 10.1. The van der Waals surface area contributed by atoms with E-state index in [2.05, 4.69) is 70.5 Å². The molecule has 2 bridgehead atoms. The Morgan fingerprint density at radius 2 is 1.31 bits per heavy atom. The largest absolute Gasteiger partial charge is 0.462 e. The smallest absolute Gasteiger partial charge is 0.307 e. The van der Waals surface area contributed by atoms with Crippen molar-refractivity contribution in [1.29, 1.82) is 0 Å². The van der Waals surface area contributed by atoms with Gasteiger partial charge in [-0.05, 0) is 87.7 Å². The summed E-state index contributed by atoms with van der Waals surface area (Å²) >= 11 is 0. The van der Waals surface area contributed by atoms with Crippen LogP contribution < -0.4 is 0 Å². The van der Waals surface area contributed by atoms with E-state index in [0.29, 0.717) is 24.2 Å². The molecule has 7 rings (SSSR count). The molecule has 186 valence electrons. The summed E-state index contributed by atoms with van der Waals surface area (Å²) in [6, 6.07) is 22.1. The number of rotatable bonds is 7. The van der Waals surface area contributed by atoms with Gasteiger partial charge < -0.3 is 9.64 Å². The number of likely N-dealkylation sites (tertiary alicyclic amines) is 2. The normalized spacial score (nSPS) is 33.3. The first-order valence-electron chi connectivity index (χ1n) is 14.0. The van der Waals surface area contributed by atoms with Crippen LogP contribution in [0.1, 0.15) is 74.3 Å². The molecule has 2 saturated heterocycles. The summed E-state index contributed by atoms with van der Waals surface area (Å²) in [5, 5.41) is 0. The zero-order valence-electron chi connectivity index (χ0n) is 21.0. The molecule has 0 radical (unpaired) electrons. The maximum atomic E-state index is 13.2. The van der Waals surface area contributed by atoms with E-state index in [-0.39, 0.29) is 17.6 Å². The fraction of sp³-hybridized carbons (Fsp3) is 0.581. The summed E-state index contributed by atoms with van der Waals surface area (Å²) in [6.45, 7) is 5.47. The summed E-state index contributed by atoms with van der Waals surface area (Å²) in [5.41, 5.74) is 2.95. The van der Waals surface area contributed by atoms with E-state index >= 15 is 0 Å². The third-order valence-corrected chi connectivity index (χ3v) is 9.49. The molecule has 4 heteroatoms. The minimum absolute atomic E-state index is 0.00430. The van der Waals surface area contributed by atoms with Crippen molar-refractivity contribution in [2.24, 2.45) is 5.92 Å². The number of carbonyl (C=O) groups excluding carboxylic acids is 1. The molecule has 0 N–H and O–H groups in total. The molecule has 5 fully saturated rings. The molecule has 0 spiro atoms. The van der Waals surface area contributed by atoms with Crippen molar-refractivity contribution in [3.63, 3.8) is 0 Å². The molecule has 0 aromatic heterocycles. The summed E-state index contributed by atoms with van der Waals surface area (Å²) in [5.74, 6) is 1.17. The summed E-state index contributed by atoms with van der Waals surface area (Å²) in [4.78, 5) is 18.4. The zero-order chi connectivity index (χ0) is 23.7. The third kappa shape index (κ3) is 4.68. The fourth-order valence-electron chi connectivity index (χ4n) is 7.91. The molecule has 3 atom stereocenters. The zero-order valence-corrected chi connectivity index (χ0v) is 21.0. The molecule has 2 aromatic carbocycles. The average Bonchev–Trinajstić information content (AvgIpc) is 3.64. The van der Waals surface area contributed by atoms with Crippen LogP contribution in [0.2, 0.25) is 0 Å². The third-order valence-electron chi connectivity index (χ3n) is 9.49. The van der Waals surface area contributed by atoms with Gasteiger partial charge in [-0.2, -0.15) is 0 Å². The first-order valence-corrected chi connectivity index (χ1v) is 14.0. The predicted octanol–water partition coefficient (Wildman–Crippen LogP) is 5.60. The van der Waals surface area contributed by atoms with Crippen LogP contribution in [0.4, 0.5) is 0 Å². The van der Waals surface area contributed by atoms with Crippen LogP contribution in [-0.4, -0.2) is 60.1 Å². The van der Waals surface area contributed by atoms with E-state index in [9.17, 15) is 4.79 Å². The number of hydrogen-bond acceptors (Lipinski definition) is 4. The van der Waals surface area contributed by atoms with Crippen LogP contribution in [0, 0.1) is 5.92 Å². The van der Waals surface area contributed by atoms with Gasteiger partial charge in [0, 0.05) is 24.4 Å². The van der Waals surface area contributed by atoms with Gasteiger partial charge in [-0.25, -0.2) is 0 Å². The number of ether oxygens (including phenoxy) is 1. The minimum Gasteiger partial charge on any atom is -0.462 e. The van der Waals surface area contributed by atoms with Crippen molar-refractivity contribution in [3.05, 3.63) is 71.8 Å². The van der Waals surface area contributed by atoms with Gasteiger partial charge in [-0.15, -0.1) is 0 Å². The Labute approximate surface area is 210 Å². The van der Waals surface area contributed by atoms with Gasteiger partial charge in [0.2, 0.25) is 0 Å². The molecule has 2 heterocycles. The molecule has 35 heavy (non-hydrogen) atoms. The summed E-state index contributed by atoms with van der Waals surface area (Å²) < 4.78 is 6.48. The van der Waals surface area contributed by atoms with Gasteiger partial charge in [0.25, 0.3) is 0 Å². The van der Waals surface area contributed by atoms with E-state index in [1.165, 1.54) is 62.7 Å². The molecular weight excluding hydrogens is 432 g/mol. The van der Waals surface area contributed by atoms with Crippen LogP contribution >= 0.6 is 0 Å². The number of carbonyl (C=O) groups is 1. The summed E-state index contributed by atoms with van der Waals surface area (Å²) in [7, 11) is 0.